The van der Waals surface area contributed by atoms with Gasteiger partial charge in [0.25, 0.3) is 11.8 Å². The molecule has 324 valence electrons. The molecule has 3 amide bonds. The lowest BCUT2D eigenvalue weighted by molar-refractivity contribution is -0.138. The third-order valence-electron chi connectivity index (χ3n) is 11.2. The Bertz CT molecular complexity index is 2300. The maximum absolute atomic E-state index is 15.2. The number of thiocarbonyl (C=S) groups is 1. The predicted molar refractivity (Wildman–Crippen MR) is 222 cm³/mol. The normalized spacial score (nSPS) is 20.2. The van der Waals surface area contributed by atoms with E-state index in [1.165, 1.54) is 43.0 Å². The molecule has 0 bridgehead atoms. The minimum Gasteiger partial charge on any atom is -0.492 e. The Labute approximate surface area is 360 Å². The van der Waals surface area contributed by atoms with Crippen LogP contribution in [0.4, 0.5) is 33.3 Å². The number of imide groups is 1. The van der Waals surface area contributed by atoms with Gasteiger partial charge >= 0.3 is 6.18 Å². The van der Waals surface area contributed by atoms with E-state index < -0.39 is 40.2 Å². The maximum Gasteiger partial charge on any atom is 0.417 e. The van der Waals surface area contributed by atoms with Crippen molar-refractivity contribution in [1.29, 1.82) is 5.26 Å². The standard InChI is InChI=1S/C43H44ClF5N6O5S/c1-25-23-52(11-12-53(25)24-33(56)19-27-15-26(17-30(44)18-27)16-28-6-10-37(57)51-38(28)58)13-14-60-36-9-8-32(21-35(36)42(4,45)46)55-40(61)54(39(59)41(55,2)3)31-7-5-29(22-50)34(20-31)43(47,48)49/h5,7-9,15,17-18,20-21,25,28H,6,10-14,16,19,23-24H2,1-4H3,(H,51,57,58)/t25-,28?/m1/s1. The van der Waals surface area contributed by atoms with Gasteiger partial charge in [-0.3, -0.25) is 39.2 Å². The molecular weight excluding hydrogens is 843 g/mol. The fourth-order valence-corrected chi connectivity index (χ4v) is 8.85. The molecule has 0 aromatic heterocycles. The van der Waals surface area contributed by atoms with E-state index in [0.29, 0.717) is 57.0 Å². The summed E-state index contributed by atoms with van der Waals surface area (Å²) in [6.07, 6.45) is -3.59. The number of rotatable bonds is 13. The monoisotopic (exact) mass is 886 g/mol. The van der Waals surface area contributed by atoms with Crippen LogP contribution in [0.5, 0.6) is 5.75 Å². The Hall–Kier alpha value is -5.02. The van der Waals surface area contributed by atoms with Crippen LogP contribution in [-0.4, -0.2) is 89.3 Å². The Morgan fingerprint density at radius 1 is 1.00 bits per heavy atom. The number of nitrogens with one attached hydrogen (secondary N) is 1. The molecule has 0 aliphatic carbocycles. The second kappa shape index (κ2) is 17.8. The van der Waals surface area contributed by atoms with Crippen molar-refractivity contribution in [3.05, 3.63) is 87.4 Å². The molecule has 18 heteroatoms. The van der Waals surface area contributed by atoms with E-state index in [9.17, 15) is 37.6 Å². The van der Waals surface area contributed by atoms with E-state index >= 15 is 8.78 Å². The van der Waals surface area contributed by atoms with Crippen molar-refractivity contribution in [3.63, 3.8) is 0 Å². The lowest BCUT2D eigenvalue weighted by atomic mass is 9.90. The number of carbonyl (C=O) groups is 4. The van der Waals surface area contributed by atoms with Gasteiger partial charge in [-0.15, -0.1) is 0 Å². The van der Waals surface area contributed by atoms with Gasteiger partial charge in [-0.1, -0.05) is 17.7 Å². The molecule has 0 radical (unpaired) electrons. The lowest BCUT2D eigenvalue weighted by Gasteiger charge is -2.39. The quantitative estimate of drug-likeness (QED) is 0.109. The number of piperazine rings is 1. The predicted octanol–water partition coefficient (Wildman–Crippen LogP) is 7.05. The highest BCUT2D eigenvalue weighted by Crippen LogP contribution is 2.43. The Morgan fingerprint density at radius 3 is 2.34 bits per heavy atom. The van der Waals surface area contributed by atoms with Crippen LogP contribution in [0.3, 0.4) is 0 Å². The molecular formula is C43H44ClF5N6O5S. The number of hydrogen-bond donors (Lipinski definition) is 1. The number of amides is 3. The summed E-state index contributed by atoms with van der Waals surface area (Å²) in [5, 5.41) is 11.8. The zero-order valence-corrected chi connectivity index (χ0v) is 35.4. The van der Waals surface area contributed by atoms with Crippen LogP contribution in [0.1, 0.15) is 68.4 Å². The minimum atomic E-state index is -4.89. The first kappa shape index (κ1) is 45.5. The molecule has 3 aromatic rings. The van der Waals surface area contributed by atoms with E-state index in [0.717, 1.165) is 28.2 Å². The summed E-state index contributed by atoms with van der Waals surface area (Å²) in [6.45, 7) is 8.10. The van der Waals surface area contributed by atoms with Crippen molar-refractivity contribution in [1.82, 2.24) is 15.1 Å². The van der Waals surface area contributed by atoms with Crippen molar-refractivity contribution in [2.24, 2.45) is 5.92 Å². The number of carbonyl (C=O) groups excluding carboxylic acids is 4. The first-order valence-corrected chi connectivity index (χ1v) is 20.4. The van der Waals surface area contributed by atoms with Gasteiger partial charge in [-0.2, -0.15) is 18.4 Å². The summed E-state index contributed by atoms with van der Waals surface area (Å²) in [6, 6.07) is 13.6. The molecule has 1 unspecified atom stereocenters. The number of anilines is 2. The molecule has 6 rings (SSSR count). The van der Waals surface area contributed by atoms with Gasteiger partial charge < -0.3 is 9.64 Å². The van der Waals surface area contributed by atoms with Crippen molar-refractivity contribution in [2.75, 3.05) is 49.1 Å². The lowest BCUT2D eigenvalue weighted by Crippen LogP contribution is -2.53. The summed E-state index contributed by atoms with van der Waals surface area (Å²) in [7, 11) is 0. The topological polar surface area (TPSA) is 126 Å². The molecule has 11 nitrogen and oxygen atoms in total. The fraction of sp³-hybridized carbons (Fsp3) is 0.442. The van der Waals surface area contributed by atoms with Crippen molar-refractivity contribution in [2.45, 2.75) is 77.1 Å². The number of Topliss-reactive ketones (excluding diaryl/α,β-unsaturated/α-hetero) is 1. The fourth-order valence-electron chi connectivity index (χ4n) is 8.04. The van der Waals surface area contributed by atoms with Gasteiger partial charge in [-0.25, -0.2) is 8.78 Å². The third-order valence-corrected chi connectivity index (χ3v) is 11.8. The van der Waals surface area contributed by atoms with Gasteiger partial charge in [-0.05, 0) is 105 Å². The summed E-state index contributed by atoms with van der Waals surface area (Å²) >= 11 is 12.0. The number of ether oxygens (including phenoxy) is 1. The van der Waals surface area contributed by atoms with Crippen molar-refractivity contribution >= 4 is 63.8 Å². The average molecular weight is 887 g/mol. The zero-order valence-electron chi connectivity index (χ0n) is 33.9. The number of halogens is 6. The number of alkyl halides is 5. The van der Waals surface area contributed by atoms with Gasteiger partial charge in [0.15, 0.2) is 10.9 Å². The summed E-state index contributed by atoms with van der Waals surface area (Å²) < 4.78 is 77.6. The Morgan fingerprint density at radius 2 is 1.69 bits per heavy atom. The highest BCUT2D eigenvalue weighted by Gasteiger charge is 2.51. The maximum atomic E-state index is 15.2. The molecule has 3 fully saturated rings. The molecule has 0 saturated carbocycles. The van der Waals surface area contributed by atoms with Crippen molar-refractivity contribution < 1.29 is 45.9 Å². The smallest absolute Gasteiger partial charge is 0.417 e. The van der Waals surface area contributed by atoms with Crippen LogP contribution in [0.2, 0.25) is 5.02 Å². The van der Waals surface area contributed by atoms with E-state index in [-0.39, 0.29) is 77.8 Å². The second-order valence-electron chi connectivity index (χ2n) is 16.2. The first-order valence-electron chi connectivity index (χ1n) is 19.6. The molecule has 3 heterocycles. The van der Waals surface area contributed by atoms with Crippen LogP contribution >= 0.6 is 23.8 Å². The second-order valence-corrected chi connectivity index (χ2v) is 17.0. The van der Waals surface area contributed by atoms with Gasteiger partial charge in [0.1, 0.15) is 17.9 Å². The molecule has 0 spiro atoms. The molecule has 2 atom stereocenters. The van der Waals surface area contributed by atoms with Crippen LogP contribution in [-0.2, 0) is 44.1 Å². The minimum absolute atomic E-state index is 0.00525. The van der Waals surface area contributed by atoms with E-state index in [1.807, 2.05) is 13.0 Å². The van der Waals surface area contributed by atoms with Crippen LogP contribution in [0, 0.1) is 17.2 Å². The van der Waals surface area contributed by atoms with Crippen LogP contribution in [0.25, 0.3) is 0 Å². The Balaban J connectivity index is 1.06. The van der Waals surface area contributed by atoms with Gasteiger partial charge in [0.05, 0.1) is 35.0 Å². The van der Waals surface area contributed by atoms with Gasteiger partial charge in [0, 0.05) is 68.6 Å². The molecule has 3 aliphatic heterocycles. The number of piperidine rings is 1. The van der Waals surface area contributed by atoms with E-state index in [1.54, 1.807) is 12.1 Å². The molecule has 1 N–H and O–H groups in total. The van der Waals surface area contributed by atoms with E-state index in [4.69, 9.17) is 28.6 Å². The highest BCUT2D eigenvalue weighted by molar-refractivity contribution is 7.81. The summed E-state index contributed by atoms with van der Waals surface area (Å²) in [5.74, 6) is -5.14. The largest absolute Gasteiger partial charge is 0.492 e. The van der Waals surface area contributed by atoms with Crippen LogP contribution in [0.15, 0.2) is 54.6 Å². The zero-order chi connectivity index (χ0) is 44.6. The molecule has 61 heavy (non-hydrogen) atoms. The molecule has 3 aliphatic rings. The number of nitriles is 1. The molecule has 3 saturated heterocycles. The summed E-state index contributed by atoms with van der Waals surface area (Å²) in [5.41, 5.74) is -2.42. The van der Waals surface area contributed by atoms with Crippen molar-refractivity contribution in [3.8, 4) is 11.8 Å². The summed E-state index contributed by atoms with van der Waals surface area (Å²) in [4.78, 5) is 57.1. The van der Waals surface area contributed by atoms with Gasteiger partial charge in [0.2, 0.25) is 11.8 Å². The van der Waals surface area contributed by atoms with Crippen LogP contribution < -0.4 is 19.9 Å². The number of benzene rings is 3. The SMILES string of the molecule is C[C@@H]1CN(CCOc2ccc(N3C(=S)N(c4ccc(C#N)c(C(F)(F)F)c4)C(=O)C3(C)C)cc2C(C)(F)F)CCN1CC(=O)Cc1cc(Cl)cc(CC2CCC(=O)NC2=O)c1. The third kappa shape index (κ3) is 10.2. The molecule has 3 aromatic carbocycles. The average Bonchev–Trinajstić information content (AvgIpc) is 3.34. The number of ketones is 1. The number of nitrogens with zero attached hydrogens (tertiary/aromatic N) is 5. The first-order chi connectivity index (χ1) is 28.6. The number of hydrogen-bond acceptors (Lipinski definition) is 9. The van der Waals surface area contributed by atoms with E-state index in [2.05, 4.69) is 15.1 Å². The Kier molecular flexibility index (Phi) is 13.2. The highest BCUT2D eigenvalue weighted by atomic mass is 35.5.